The first kappa shape index (κ1) is 19.2. The molecule has 23 heavy (non-hydrogen) atoms. The van der Waals surface area contributed by atoms with Crippen molar-refractivity contribution in [3.8, 4) is 0 Å². The van der Waals surface area contributed by atoms with Gasteiger partial charge in [0.25, 0.3) is 0 Å². The summed E-state index contributed by atoms with van der Waals surface area (Å²) < 4.78 is 15.1. The van der Waals surface area contributed by atoms with Gasteiger partial charge >= 0.3 is 18.0 Å². The van der Waals surface area contributed by atoms with E-state index in [-0.39, 0.29) is 26.1 Å². The van der Waals surface area contributed by atoms with Crippen molar-refractivity contribution in [1.82, 2.24) is 4.90 Å². The number of carbonyl (C=O) groups excluding carboxylic acids is 3. The van der Waals surface area contributed by atoms with Crippen molar-refractivity contribution < 1.29 is 33.7 Å². The second-order valence-corrected chi connectivity index (χ2v) is 6.17. The zero-order chi connectivity index (χ0) is 17.8. The Labute approximate surface area is 135 Å². The van der Waals surface area contributed by atoms with E-state index in [1.165, 1.54) is 0 Å². The van der Waals surface area contributed by atoms with Gasteiger partial charge in [0.05, 0.1) is 13.2 Å². The zero-order valence-corrected chi connectivity index (χ0v) is 14.2. The molecule has 0 spiro atoms. The van der Waals surface area contributed by atoms with Crippen LogP contribution in [-0.4, -0.2) is 58.6 Å². The van der Waals surface area contributed by atoms with Gasteiger partial charge in [0.1, 0.15) is 11.8 Å². The SMILES string of the molecule is CCOC(=O)C1(C(=O)OCC)CCC(O)N1C(=O)OC(C)(C)C. The molecule has 1 N–H and O–H groups in total. The summed E-state index contributed by atoms with van der Waals surface area (Å²) in [6.45, 7) is 8.15. The number of carbonyl (C=O) groups is 3. The molecule has 1 aliphatic rings. The number of hydrogen-bond acceptors (Lipinski definition) is 7. The molecule has 0 saturated carbocycles. The minimum atomic E-state index is -2.02. The van der Waals surface area contributed by atoms with E-state index in [1.54, 1.807) is 34.6 Å². The quantitative estimate of drug-likeness (QED) is 0.469. The van der Waals surface area contributed by atoms with Gasteiger partial charge in [-0.05, 0) is 47.5 Å². The number of aliphatic hydroxyl groups is 1. The molecule has 1 amide bonds. The first-order chi connectivity index (χ1) is 10.6. The van der Waals surface area contributed by atoms with Crippen LogP contribution in [0.15, 0.2) is 0 Å². The monoisotopic (exact) mass is 331 g/mol. The van der Waals surface area contributed by atoms with Crippen molar-refractivity contribution in [1.29, 1.82) is 0 Å². The van der Waals surface area contributed by atoms with Crippen LogP contribution in [0.5, 0.6) is 0 Å². The van der Waals surface area contributed by atoms with Crippen LogP contribution in [0.25, 0.3) is 0 Å². The summed E-state index contributed by atoms with van der Waals surface area (Å²) >= 11 is 0. The summed E-state index contributed by atoms with van der Waals surface area (Å²) in [6, 6.07) is 0. The number of likely N-dealkylation sites (tertiary alicyclic amines) is 1. The summed E-state index contributed by atoms with van der Waals surface area (Å²) in [5.41, 5.74) is -2.87. The number of rotatable bonds is 4. The number of aliphatic hydroxyl groups excluding tert-OH is 1. The Morgan fingerprint density at radius 1 is 1.13 bits per heavy atom. The standard InChI is InChI=1S/C15H25NO7/c1-6-21-11(18)15(12(19)22-7-2)9-8-10(17)16(15)13(20)23-14(3,4)5/h10,17H,6-9H2,1-5H3. The minimum Gasteiger partial charge on any atom is -0.464 e. The molecule has 0 aromatic rings. The maximum atomic E-state index is 12.4. The second kappa shape index (κ2) is 7.16. The number of esters is 2. The van der Waals surface area contributed by atoms with Gasteiger partial charge in [0.2, 0.25) is 5.54 Å². The van der Waals surface area contributed by atoms with Crippen LogP contribution in [0, 0.1) is 0 Å². The molecule has 1 unspecified atom stereocenters. The van der Waals surface area contributed by atoms with Crippen molar-refractivity contribution >= 4 is 18.0 Å². The average Bonchev–Trinajstić information content (AvgIpc) is 2.76. The van der Waals surface area contributed by atoms with E-state index in [0.29, 0.717) is 0 Å². The smallest absolute Gasteiger partial charge is 0.413 e. The molecule has 8 nitrogen and oxygen atoms in total. The van der Waals surface area contributed by atoms with Crippen molar-refractivity contribution in [2.45, 2.75) is 64.8 Å². The highest BCUT2D eigenvalue weighted by Gasteiger charge is 2.62. The lowest BCUT2D eigenvalue weighted by Crippen LogP contribution is -2.62. The molecular formula is C15H25NO7. The van der Waals surface area contributed by atoms with E-state index in [4.69, 9.17) is 14.2 Å². The largest absolute Gasteiger partial charge is 0.464 e. The van der Waals surface area contributed by atoms with Gasteiger partial charge in [-0.15, -0.1) is 0 Å². The second-order valence-electron chi connectivity index (χ2n) is 6.17. The van der Waals surface area contributed by atoms with Gasteiger partial charge in [-0.1, -0.05) is 0 Å². The van der Waals surface area contributed by atoms with Crippen LogP contribution in [0.1, 0.15) is 47.5 Å². The summed E-state index contributed by atoms with van der Waals surface area (Å²) in [5.74, 6) is -1.86. The first-order valence-corrected chi connectivity index (χ1v) is 7.65. The fourth-order valence-electron chi connectivity index (χ4n) is 2.42. The predicted molar refractivity (Wildman–Crippen MR) is 79.3 cm³/mol. The molecule has 0 bridgehead atoms. The highest BCUT2D eigenvalue weighted by molar-refractivity contribution is 6.07. The fraction of sp³-hybridized carbons (Fsp3) is 0.800. The van der Waals surface area contributed by atoms with Gasteiger partial charge in [-0.3, -0.25) is 4.90 Å². The lowest BCUT2D eigenvalue weighted by molar-refractivity contribution is -0.176. The van der Waals surface area contributed by atoms with E-state index >= 15 is 0 Å². The molecule has 0 aromatic carbocycles. The van der Waals surface area contributed by atoms with Crippen LogP contribution < -0.4 is 0 Å². The number of amides is 1. The van der Waals surface area contributed by atoms with E-state index in [0.717, 1.165) is 4.90 Å². The molecule has 8 heteroatoms. The Morgan fingerprint density at radius 2 is 1.61 bits per heavy atom. The Kier molecular flexibility index (Phi) is 5.98. The van der Waals surface area contributed by atoms with E-state index in [9.17, 15) is 19.5 Å². The highest BCUT2D eigenvalue weighted by Crippen LogP contribution is 2.37. The summed E-state index contributed by atoms with van der Waals surface area (Å²) in [5, 5.41) is 10.1. The molecule has 0 radical (unpaired) electrons. The zero-order valence-electron chi connectivity index (χ0n) is 14.2. The van der Waals surface area contributed by atoms with E-state index in [2.05, 4.69) is 0 Å². The molecule has 132 valence electrons. The third kappa shape index (κ3) is 3.93. The van der Waals surface area contributed by atoms with Crippen LogP contribution in [0.2, 0.25) is 0 Å². The molecule has 0 aromatic heterocycles. The van der Waals surface area contributed by atoms with Crippen LogP contribution in [0.3, 0.4) is 0 Å². The topological polar surface area (TPSA) is 102 Å². The van der Waals surface area contributed by atoms with Gasteiger partial charge in [0, 0.05) is 0 Å². The summed E-state index contributed by atoms with van der Waals surface area (Å²) in [4.78, 5) is 38.0. The van der Waals surface area contributed by atoms with Gasteiger partial charge in [0.15, 0.2) is 0 Å². The summed E-state index contributed by atoms with van der Waals surface area (Å²) in [7, 11) is 0. The van der Waals surface area contributed by atoms with Crippen molar-refractivity contribution in [3.63, 3.8) is 0 Å². The minimum absolute atomic E-state index is 0.0260. The van der Waals surface area contributed by atoms with E-state index in [1.807, 2.05) is 0 Å². The van der Waals surface area contributed by atoms with Crippen LogP contribution >= 0.6 is 0 Å². The predicted octanol–water partition coefficient (Wildman–Crippen LogP) is 1.20. The maximum Gasteiger partial charge on any atom is 0.413 e. The summed E-state index contributed by atoms with van der Waals surface area (Å²) in [6.07, 6.45) is -2.36. The molecule has 1 fully saturated rings. The highest BCUT2D eigenvalue weighted by atomic mass is 16.6. The molecule has 1 aliphatic heterocycles. The average molecular weight is 331 g/mol. The molecular weight excluding hydrogens is 306 g/mol. The lowest BCUT2D eigenvalue weighted by Gasteiger charge is -2.36. The van der Waals surface area contributed by atoms with Gasteiger partial charge in [-0.2, -0.15) is 0 Å². The van der Waals surface area contributed by atoms with Crippen molar-refractivity contribution in [3.05, 3.63) is 0 Å². The maximum absolute atomic E-state index is 12.4. The first-order valence-electron chi connectivity index (χ1n) is 7.65. The molecule has 1 saturated heterocycles. The fourth-order valence-corrected chi connectivity index (χ4v) is 2.42. The van der Waals surface area contributed by atoms with Crippen LogP contribution in [0.4, 0.5) is 4.79 Å². The normalized spacial score (nSPS) is 20.1. The van der Waals surface area contributed by atoms with Crippen LogP contribution in [-0.2, 0) is 23.8 Å². The lowest BCUT2D eigenvalue weighted by atomic mass is 9.96. The molecule has 1 atom stereocenters. The number of hydrogen-bond donors (Lipinski definition) is 1. The molecule has 1 rings (SSSR count). The Balaban J connectivity index is 3.26. The number of ether oxygens (including phenoxy) is 3. The number of nitrogens with zero attached hydrogens (tertiary/aromatic N) is 1. The Bertz CT molecular complexity index is 451. The van der Waals surface area contributed by atoms with Gasteiger partial charge in [-0.25, -0.2) is 14.4 Å². The molecule has 0 aliphatic carbocycles. The van der Waals surface area contributed by atoms with Gasteiger partial charge < -0.3 is 19.3 Å². The van der Waals surface area contributed by atoms with Crippen molar-refractivity contribution in [2.75, 3.05) is 13.2 Å². The van der Waals surface area contributed by atoms with E-state index < -0.39 is 35.4 Å². The van der Waals surface area contributed by atoms with Crippen molar-refractivity contribution in [2.24, 2.45) is 0 Å². The third-order valence-corrected chi connectivity index (χ3v) is 3.29. The molecule has 1 heterocycles. The third-order valence-electron chi connectivity index (χ3n) is 3.29. The Morgan fingerprint density at radius 3 is 2.00 bits per heavy atom. The Hall–Kier alpha value is -1.83.